The van der Waals surface area contributed by atoms with Gasteiger partial charge in [0.25, 0.3) is 0 Å². The molecule has 0 saturated carbocycles. The molecule has 1 heterocycles. The summed E-state index contributed by atoms with van der Waals surface area (Å²) >= 11 is 3.76. The van der Waals surface area contributed by atoms with Crippen LogP contribution in [0.4, 0.5) is 0 Å². The lowest BCUT2D eigenvalue weighted by atomic mass is 9.73. The Labute approximate surface area is 574 Å². The van der Waals surface area contributed by atoms with Crippen molar-refractivity contribution in [1.82, 2.24) is 0 Å². The van der Waals surface area contributed by atoms with E-state index in [4.69, 9.17) is 123 Å². The van der Waals surface area contributed by atoms with Gasteiger partial charge in [0.15, 0.2) is 0 Å². The van der Waals surface area contributed by atoms with Gasteiger partial charge in [-0.2, -0.15) is 0 Å². The van der Waals surface area contributed by atoms with Gasteiger partial charge in [-0.05, 0) is 67.5 Å². The van der Waals surface area contributed by atoms with E-state index in [1.165, 1.54) is 0 Å². The average Bonchev–Trinajstić information content (AvgIpc) is 1.57. The van der Waals surface area contributed by atoms with Crippen LogP contribution in [0.5, 0.6) is 0 Å². The van der Waals surface area contributed by atoms with Crippen molar-refractivity contribution < 1.29 is 123 Å². The molecule has 1 aliphatic heterocycles. The van der Waals surface area contributed by atoms with Crippen LogP contribution >= 0.6 is 15.9 Å². The van der Waals surface area contributed by atoms with Gasteiger partial charge in [0.2, 0.25) is 0 Å². The van der Waals surface area contributed by atoms with E-state index >= 15 is 0 Å². The highest BCUT2D eigenvalue weighted by atomic mass is 79.9. The first-order chi connectivity index (χ1) is 46.6. The highest BCUT2D eigenvalue weighted by Gasteiger charge is 2.53. The van der Waals surface area contributed by atoms with Crippen molar-refractivity contribution in [3.63, 3.8) is 0 Å². The Balaban J connectivity index is 0.993. The largest absolute Gasteiger partial charge is 0.494 e. The van der Waals surface area contributed by atoms with Gasteiger partial charge in [-0.15, -0.1) is 0 Å². The van der Waals surface area contributed by atoms with Crippen LogP contribution in [0, 0.1) is 0 Å². The molecule has 2 aliphatic rings. The van der Waals surface area contributed by atoms with Crippen molar-refractivity contribution >= 4 is 28.5 Å². The molecule has 0 unspecified atom stereocenters. The molecule has 2 aromatic rings. The summed E-state index contributed by atoms with van der Waals surface area (Å²) < 4.78 is 149. The van der Waals surface area contributed by atoms with Crippen LogP contribution in [-0.4, -0.2) is 336 Å². The second-order valence-corrected chi connectivity index (χ2v) is 23.4. The minimum atomic E-state index is -0.664. The normalized spacial score (nSPS) is 14.6. The molecule has 0 amide bonds. The molecule has 1 aliphatic carbocycles. The van der Waals surface area contributed by atoms with Crippen LogP contribution in [0.2, 0.25) is 0 Å². The fourth-order valence-corrected chi connectivity index (χ4v) is 9.50. The van der Waals surface area contributed by atoms with E-state index in [0.29, 0.717) is 304 Å². The van der Waals surface area contributed by atoms with E-state index in [1.807, 2.05) is 0 Å². The molecule has 4 rings (SSSR count). The number of halogens is 1. The van der Waals surface area contributed by atoms with E-state index < -0.39 is 23.7 Å². The van der Waals surface area contributed by atoms with Crippen molar-refractivity contribution in [3.05, 3.63) is 52.0 Å². The highest BCUT2D eigenvalue weighted by molar-refractivity contribution is 9.10. The predicted molar refractivity (Wildman–Crippen MR) is 358 cm³/mol. The number of methoxy groups -OCH3 is 2. The molecular formula is C67H116BBrO26. The molecule has 0 radical (unpaired) electrons. The number of hydrogen-bond acceptors (Lipinski definition) is 26. The third-order valence-electron chi connectivity index (χ3n) is 14.9. The van der Waals surface area contributed by atoms with Gasteiger partial charge in [0, 0.05) is 18.7 Å². The third kappa shape index (κ3) is 39.7. The zero-order valence-electron chi connectivity index (χ0n) is 58.1. The molecule has 0 bridgehead atoms. The molecule has 1 saturated heterocycles. The van der Waals surface area contributed by atoms with E-state index in [-0.39, 0.29) is 0 Å². The number of fused-ring (bicyclic) bond motifs is 3. The maximum atomic E-state index is 6.53. The second-order valence-electron chi connectivity index (χ2n) is 22.5. The Morgan fingerprint density at radius 3 is 0.705 bits per heavy atom. The summed E-state index contributed by atoms with van der Waals surface area (Å²) in [6.07, 6.45) is 0. The molecule has 95 heavy (non-hydrogen) atoms. The van der Waals surface area contributed by atoms with Crippen LogP contribution in [0.1, 0.15) is 38.8 Å². The lowest BCUT2D eigenvalue weighted by molar-refractivity contribution is -0.0321. The van der Waals surface area contributed by atoms with E-state index in [0.717, 1.165) is 32.2 Å². The fourth-order valence-electron chi connectivity index (χ4n) is 9.14. The highest BCUT2D eigenvalue weighted by Crippen LogP contribution is 2.50. The lowest BCUT2D eigenvalue weighted by Gasteiger charge is -2.32. The Morgan fingerprint density at radius 2 is 0.474 bits per heavy atom. The Bertz CT molecular complexity index is 2000. The summed E-state index contributed by atoms with van der Waals surface area (Å²) in [6.45, 7) is 30.1. The maximum Gasteiger partial charge on any atom is 0.494 e. The zero-order chi connectivity index (χ0) is 67.7. The fraction of sp³-hybridized carbons (Fsp3) is 0.821. The third-order valence-corrected chi connectivity index (χ3v) is 15.4. The van der Waals surface area contributed by atoms with Gasteiger partial charge in [0.1, 0.15) is 0 Å². The first kappa shape index (κ1) is 85.4. The van der Waals surface area contributed by atoms with Crippen molar-refractivity contribution in [2.75, 3.05) is 318 Å². The molecular weight excluding hydrogens is 1310 g/mol. The minimum Gasteiger partial charge on any atom is -0.399 e. The van der Waals surface area contributed by atoms with E-state index in [9.17, 15) is 0 Å². The number of benzene rings is 2. The average molecular weight is 1430 g/mol. The van der Waals surface area contributed by atoms with Crippen LogP contribution < -0.4 is 5.46 Å². The summed E-state index contributed by atoms with van der Waals surface area (Å²) in [5.74, 6) is 0. The topological polar surface area (TPSA) is 240 Å². The van der Waals surface area contributed by atoms with E-state index in [2.05, 4.69) is 80.0 Å². The van der Waals surface area contributed by atoms with Crippen molar-refractivity contribution in [2.45, 2.75) is 44.3 Å². The quantitative estimate of drug-likeness (QED) is 0.0646. The smallest absolute Gasteiger partial charge is 0.399 e. The standard InChI is InChI=1S/C67H116BBrO26/c1-65(2)66(3,4)95-68(94-65)59-7-9-61-62-10-8-60(69)56-64(62)67(63(61)55-59,57-92-53-51-90-49-47-88-45-43-86-41-39-84-37-35-82-33-31-80-29-27-78-25-23-76-21-19-74-17-15-72-13-11-70-5)58-93-54-52-91-50-48-89-46-44-87-42-40-85-38-36-83-34-32-81-30-28-79-26-24-77-22-20-75-18-16-73-14-12-71-6/h7-10,55-56H,11-54,57-58H2,1-6H3. The predicted octanol–water partition coefficient (Wildman–Crippen LogP) is 4.67. The van der Waals surface area contributed by atoms with Gasteiger partial charge >= 0.3 is 7.12 Å². The molecule has 2 aromatic carbocycles. The molecule has 0 spiro atoms. The Hall–Kier alpha value is -2.06. The summed E-state index contributed by atoms with van der Waals surface area (Å²) in [4.78, 5) is 0. The van der Waals surface area contributed by atoms with Gasteiger partial charge in [-0.25, -0.2) is 0 Å². The maximum absolute atomic E-state index is 6.53. The van der Waals surface area contributed by atoms with Crippen LogP contribution in [0.3, 0.4) is 0 Å². The van der Waals surface area contributed by atoms with E-state index in [1.54, 1.807) is 14.2 Å². The Kier molecular flexibility index (Phi) is 51.7. The first-order valence-electron chi connectivity index (χ1n) is 33.6. The number of rotatable bonds is 71. The van der Waals surface area contributed by atoms with Gasteiger partial charge in [-0.3, -0.25) is 0 Å². The SMILES string of the molecule is COCCOCCOCCOCCOCCOCCOCCOCCOCCOCCOCCOCC1(COCCOCCOCCOCCOCCOCCOCCOCCOCCOCCOCCOC)c2cc(Br)ccc2-c2ccc(B3OC(C)(C)C(C)(C)O3)cc21. The summed E-state index contributed by atoms with van der Waals surface area (Å²) in [5, 5.41) is 0. The summed E-state index contributed by atoms with van der Waals surface area (Å²) in [6, 6.07) is 12.9. The number of hydrogen-bond donors (Lipinski definition) is 0. The lowest BCUT2D eigenvalue weighted by Crippen LogP contribution is -2.41. The summed E-state index contributed by atoms with van der Waals surface area (Å²) in [5.41, 5.74) is 3.70. The molecule has 28 heteroatoms. The minimum absolute atomic E-state index is 0.343. The summed E-state index contributed by atoms with van der Waals surface area (Å²) in [7, 11) is 2.75. The van der Waals surface area contributed by atoms with Crippen molar-refractivity contribution in [1.29, 1.82) is 0 Å². The van der Waals surface area contributed by atoms with Crippen LogP contribution in [0.25, 0.3) is 11.1 Å². The van der Waals surface area contributed by atoms with Crippen molar-refractivity contribution in [3.8, 4) is 11.1 Å². The Morgan fingerprint density at radius 1 is 0.274 bits per heavy atom. The number of ether oxygens (including phenoxy) is 24. The molecule has 0 atom stereocenters. The van der Waals surface area contributed by atoms with Gasteiger partial charge < -0.3 is 123 Å². The molecule has 550 valence electrons. The second kappa shape index (κ2) is 57.6. The van der Waals surface area contributed by atoms with Crippen LogP contribution in [-0.2, 0) is 128 Å². The van der Waals surface area contributed by atoms with Gasteiger partial charge in [0.05, 0.1) is 321 Å². The molecule has 1 fully saturated rings. The molecule has 26 nitrogen and oxygen atoms in total. The van der Waals surface area contributed by atoms with Crippen LogP contribution in [0.15, 0.2) is 40.9 Å². The molecule has 0 aromatic heterocycles. The molecule has 0 N–H and O–H groups in total. The van der Waals surface area contributed by atoms with Gasteiger partial charge in [-0.1, -0.05) is 40.2 Å². The first-order valence-corrected chi connectivity index (χ1v) is 34.4. The van der Waals surface area contributed by atoms with Crippen molar-refractivity contribution in [2.24, 2.45) is 0 Å². The zero-order valence-corrected chi connectivity index (χ0v) is 59.6. The monoisotopic (exact) mass is 1430 g/mol.